The normalized spacial score (nSPS) is 10.9. The minimum atomic E-state index is -0.874. The number of hydrogen-bond donors (Lipinski definition) is 2. The molecule has 4 heteroatoms. The van der Waals surface area contributed by atoms with Crippen molar-refractivity contribution in [1.29, 1.82) is 0 Å². The molecule has 0 radical (unpaired) electrons. The highest BCUT2D eigenvalue weighted by atomic mass is 16.4. The van der Waals surface area contributed by atoms with Crippen LogP contribution in [0.2, 0.25) is 0 Å². The maximum absolute atomic E-state index is 11.9. The molecule has 1 aromatic heterocycles. The SMILES string of the molecule is Cc1ccc(-n2c(C)c(CNCCc3ccccc3)c(C(=O)O)c2C)cc1. The molecule has 0 saturated carbocycles. The topological polar surface area (TPSA) is 54.3 Å². The number of aryl methyl sites for hydroxylation is 1. The maximum atomic E-state index is 11.9. The summed E-state index contributed by atoms with van der Waals surface area (Å²) < 4.78 is 2.04. The van der Waals surface area contributed by atoms with Crippen LogP contribution in [0.3, 0.4) is 0 Å². The van der Waals surface area contributed by atoms with Gasteiger partial charge in [-0.05, 0) is 51.4 Å². The Hall–Kier alpha value is -2.85. The van der Waals surface area contributed by atoms with E-state index in [4.69, 9.17) is 0 Å². The Balaban J connectivity index is 1.82. The summed E-state index contributed by atoms with van der Waals surface area (Å²) in [5.74, 6) is -0.874. The van der Waals surface area contributed by atoms with Gasteiger partial charge in [0.25, 0.3) is 0 Å². The average molecular weight is 362 g/mol. The van der Waals surface area contributed by atoms with E-state index in [1.165, 1.54) is 11.1 Å². The zero-order valence-corrected chi connectivity index (χ0v) is 16.1. The maximum Gasteiger partial charge on any atom is 0.337 e. The van der Waals surface area contributed by atoms with Crippen LogP contribution in [0.4, 0.5) is 0 Å². The standard InChI is InChI=1S/C23H26N2O2/c1-16-9-11-20(12-10-16)25-17(2)21(22(18(25)3)23(26)27)15-24-14-13-19-7-5-4-6-8-19/h4-12,24H,13-15H2,1-3H3,(H,26,27). The summed E-state index contributed by atoms with van der Waals surface area (Å²) in [5.41, 5.74) is 6.45. The van der Waals surface area contributed by atoms with Crippen molar-refractivity contribution in [3.63, 3.8) is 0 Å². The zero-order valence-electron chi connectivity index (χ0n) is 16.1. The van der Waals surface area contributed by atoms with Gasteiger partial charge in [0.05, 0.1) is 5.56 Å². The van der Waals surface area contributed by atoms with Crippen molar-refractivity contribution in [2.45, 2.75) is 33.7 Å². The third kappa shape index (κ3) is 4.12. The number of rotatable bonds is 7. The molecule has 0 saturated heterocycles. The van der Waals surface area contributed by atoms with Gasteiger partial charge >= 0.3 is 5.97 Å². The number of nitrogens with zero attached hydrogens (tertiary/aromatic N) is 1. The Labute approximate surface area is 160 Å². The van der Waals surface area contributed by atoms with Gasteiger partial charge in [-0.3, -0.25) is 0 Å². The van der Waals surface area contributed by atoms with E-state index in [-0.39, 0.29) is 0 Å². The summed E-state index contributed by atoms with van der Waals surface area (Å²) in [6.07, 6.45) is 0.917. The van der Waals surface area contributed by atoms with E-state index in [1.807, 2.05) is 67.8 Å². The van der Waals surface area contributed by atoms with Crippen LogP contribution in [0.5, 0.6) is 0 Å². The fourth-order valence-electron chi connectivity index (χ4n) is 3.57. The first kappa shape index (κ1) is 18.9. The van der Waals surface area contributed by atoms with Gasteiger partial charge in [-0.2, -0.15) is 0 Å². The van der Waals surface area contributed by atoms with E-state index in [2.05, 4.69) is 17.4 Å². The number of carboxylic acids is 1. The van der Waals surface area contributed by atoms with Gasteiger partial charge in [-0.1, -0.05) is 48.0 Å². The lowest BCUT2D eigenvalue weighted by Gasteiger charge is -2.10. The Bertz CT molecular complexity index is 925. The fraction of sp³-hybridized carbons (Fsp3) is 0.261. The summed E-state index contributed by atoms with van der Waals surface area (Å²) in [5, 5.41) is 13.2. The van der Waals surface area contributed by atoms with Crippen LogP contribution in [-0.2, 0) is 13.0 Å². The largest absolute Gasteiger partial charge is 0.478 e. The average Bonchev–Trinajstić information content (AvgIpc) is 2.91. The van der Waals surface area contributed by atoms with E-state index < -0.39 is 5.97 Å². The predicted molar refractivity (Wildman–Crippen MR) is 109 cm³/mol. The molecular formula is C23H26N2O2. The molecule has 4 nitrogen and oxygen atoms in total. The van der Waals surface area contributed by atoms with E-state index in [1.54, 1.807) is 0 Å². The minimum absolute atomic E-state index is 0.403. The van der Waals surface area contributed by atoms with Crippen molar-refractivity contribution in [2.75, 3.05) is 6.54 Å². The van der Waals surface area contributed by atoms with Crippen molar-refractivity contribution >= 4 is 5.97 Å². The Morgan fingerprint density at radius 1 is 0.963 bits per heavy atom. The van der Waals surface area contributed by atoms with Gasteiger partial charge < -0.3 is 15.0 Å². The van der Waals surface area contributed by atoms with Gasteiger partial charge in [-0.15, -0.1) is 0 Å². The lowest BCUT2D eigenvalue weighted by atomic mass is 10.1. The molecule has 0 fully saturated rings. The van der Waals surface area contributed by atoms with Gasteiger partial charge in [0.1, 0.15) is 0 Å². The number of benzene rings is 2. The van der Waals surface area contributed by atoms with Crippen LogP contribution in [0.25, 0.3) is 5.69 Å². The summed E-state index contributed by atoms with van der Waals surface area (Å²) in [6, 6.07) is 18.5. The Morgan fingerprint density at radius 3 is 2.26 bits per heavy atom. The van der Waals surface area contributed by atoms with Crippen LogP contribution in [0.1, 0.15) is 38.4 Å². The molecule has 2 N–H and O–H groups in total. The molecule has 27 heavy (non-hydrogen) atoms. The van der Waals surface area contributed by atoms with Crippen LogP contribution in [-0.4, -0.2) is 22.2 Å². The zero-order chi connectivity index (χ0) is 19.4. The first-order valence-corrected chi connectivity index (χ1v) is 9.24. The van der Waals surface area contributed by atoms with Crippen LogP contribution in [0, 0.1) is 20.8 Å². The van der Waals surface area contributed by atoms with E-state index in [0.29, 0.717) is 12.1 Å². The molecule has 0 atom stereocenters. The highest BCUT2D eigenvalue weighted by Crippen LogP contribution is 2.26. The monoisotopic (exact) mass is 362 g/mol. The fourth-order valence-corrected chi connectivity index (χ4v) is 3.57. The van der Waals surface area contributed by atoms with Crippen LogP contribution < -0.4 is 5.32 Å². The van der Waals surface area contributed by atoms with Crippen molar-refractivity contribution in [2.24, 2.45) is 0 Å². The highest BCUT2D eigenvalue weighted by molar-refractivity contribution is 5.91. The molecule has 3 rings (SSSR count). The quantitative estimate of drug-likeness (QED) is 0.611. The number of nitrogens with one attached hydrogen (secondary N) is 1. The first-order chi connectivity index (χ1) is 13.0. The molecule has 0 spiro atoms. The minimum Gasteiger partial charge on any atom is -0.478 e. The molecule has 0 unspecified atom stereocenters. The summed E-state index contributed by atoms with van der Waals surface area (Å²) in [6.45, 7) is 7.26. The summed E-state index contributed by atoms with van der Waals surface area (Å²) in [7, 11) is 0. The second-order valence-electron chi connectivity index (χ2n) is 6.91. The van der Waals surface area contributed by atoms with Crippen molar-refractivity contribution in [1.82, 2.24) is 9.88 Å². The molecule has 3 aromatic rings. The molecule has 0 amide bonds. The summed E-state index contributed by atoms with van der Waals surface area (Å²) in [4.78, 5) is 11.9. The smallest absolute Gasteiger partial charge is 0.337 e. The van der Waals surface area contributed by atoms with E-state index >= 15 is 0 Å². The van der Waals surface area contributed by atoms with Crippen molar-refractivity contribution in [3.8, 4) is 5.69 Å². The Kier molecular flexibility index (Phi) is 5.77. The van der Waals surface area contributed by atoms with E-state index in [0.717, 1.165) is 35.6 Å². The highest BCUT2D eigenvalue weighted by Gasteiger charge is 2.22. The molecule has 0 bridgehead atoms. The Morgan fingerprint density at radius 2 is 1.63 bits per heavy atom. The van der Waals surface area contributed by atoms with E-state index in [9.17, 15) is 9.90 Å². The molecule has 2 aromatic carbocycles. The number of aromatic nitrogens is 1. The first-order valence-electron chi connectivity index (χ1n) is 9.24. The molecule has 140 valence electrons. The lowest BCUT2D eigenvalue weighted by Crippen LogP contribution is -2.18. The number of carboxylic acid groups (broad SMARTS) is 1. The predicted octanol–water partition coefficient (Wildman–Crippen LogP) is 4.43. The molecule has 0 aliphatic carbocycles. The molecule has 1 heterocycles. The van der Waals surface area contributed by atoms with Gasteiger partial charge in [0, 0.05) is 29.2 Å². The molecule has 0 aliphatic rings. The lowest BCUT2D eigenvalue weighted by molar-refractivity contribution is 0.0695. The molecule has 0 aliphatic heterocycles. The molecular weight excluding hydrogens is 336 g/mol. The van der Waals surface area contributed by atoms with Gasteiger partial charge in [-0.25, -0.2) is 4.79 Å². The van der Waals surface area contributed by atoms with Crippen molar-refractivity contribution < 1.29 is 9.90 Å². The number of carbonyl (C=O) groups is 1. The van der Waals surface area contributed by atoms with Crippen molar-refractivity contribution in [3.05, 3.63) is 88.2 Å². The summed E-state index contributed by atoms with van der Waals surface area (Å²) >= 11 is 0. The van der Waals surface area contributed by atoms with Gasteiger partial charge in [0.15, 0.2) is 0 Å². The second-order valence-corrected chi connectivity index (χ2v) is 6.91. The van der Waals surface area contributed by atoms with Gasteiger partial charge in [0.2, 0.25) is 0 Å². The van der Waals surface area contributed by atoms with Crippen LogP contribution >= 0.6 is 0 Å². The third-order valence-corrected chi connectivity index (χ3v) is 5.01. The second kappa shape index (κ2) is 8.23. The third-order valence-electron chi connectivity index (χ3n) is 5.01. The number of aromatic carboxylic acids is 1. The van der Waals surface area contributed by atoms with Crippen LogP contribution in [0.15, 0.2) is 54.6 Å². The number of hydrogen-bond acceptors (Lipinski definition) is 2.